The molecular formula is C16H18F2N2O3S. The summed E-state index contributed by atoms with van der Waals surface area (Å²) in [4.78, 5) is 4.02. The fourth-order valence-corrected chi connectivity index (χ4v) is 2.85. The molecule has 5 nitrogen and oxygen atoms in total. The first-order valence-electron chi connectivity index (χ1n) is 7.17. The van der Waals surface area contributed by atoms with Gasteiger partial charge in [0.25, 0.3) is 0 Å². The van der Waals surface area contributed by atoms with Crippen LogP contribution in [0.15, 0.2) is 42.6 Å². The third-order valence-electron chi connectivity index (χ3n) is 3.53. The van der Waals surface area contributed by atoms with E-state index in [0.717, 1.165) is 11.1 Å². The van der Waals surface area contributed by atoms with Crippen molar-refractivity contribution in [3.63, 3.8) is 0 Å². The van der Waals surface area contributed by atoms with Crippen LogP contribution in [0.25, 0.3) is 11.1 Å². The van der Waals surface area contributed by atoms with Crippen LogP contribution in [0.1, 0.15) is 17.4 Å². The van der Waals surface area contributed by atoms with Gasteiger partial charge in [-0.1, -0.05) is 30.3 Å². The summed E-state index contributed by atoms with van der Waals surface area (Å²) in [6.45, 7) is -0.823. The summed E-state index contributed by atoms with van der Waals surface area (Å²) in [5.41, 5.74) is 7.74. The minimum Gasteiger partial charge on any atom is -0.387 e. The van der Waals surface area contributed by atoms with Crippen molar-refractivity contribution < 1.29 is 22.3 Å². The van der Waals surface area contributed by atoms with Crippen LogP contribution in [0.4, 0.5) is 8.78 Å². The number of aromatic nitrogens is 1. The molecule has 0 saturated heterocycles. The number of pyridine rings is 1. The normalized spacial score (nSPS) is 14.3. The van der Waals surface area contributed by atoms with Gasteiger partial charge in [0.15, 0.2) is 15.8 Å². The predicted octanol–water partition coefficient (Wildman–Crippen LogP) is 1.92. The average Bonchev–Trinajstić information content (AvgIpc) is 2.61. The summed E-state index contributed by atoms with van der Waals surface area (Å²) in [6.07, 6.45) is 0.400. The van der Waals surface area contributed by atoms with E-state index >= 15 is 0 Å². The first kappa shape index (κ1) is 18.4. The molecule has 8 heteroatoms. The van der Waals surface area contributed by atoms with E-state index in [1.54, 1.807) is 30.3 Å². The summed E-state index contributed by atoms with van der Waals surface area (Å²) >= 11 is 0. The Labute approximate surface area is 139 Å². The van der Waals surface area contributed by atoms with Crippen LogP contribution in [0, 0.1) is 0 Å². The number of aliphatic hydroxyl groups is 1. The first-order valence-corrected chi connectivity index (χ1v) is 8.99. The van der Waals surface area contributed by atoms with E-state index in [4.69, 9.17) is 5.73 Å². The fraction of sp³-hybridized carbons (Fsp3) is 0.312. The van der Waals surface area contributed by atoms with E-state index < -0.39 is 40.4 Å². The third-order valence-corrected chi connectivity index (χ3v) is 4.60. The Balaban J connectivity index is 2.15. The first-order chi connectivity index (χ1) is 11.4. The van der Waals surface area contributed by atoms with Crippen LogP contribution in [0.3, 0.4) is 0 Å². The predicted molar refractivity (Wildman–Crippen MR) is 87.2 cm³/mol. The molecular weight excluding hydrogens is 338 g/mol. The summed E-state index contributed by atoms with van der Waals surface area (Å²) in [5.74, 6) is -0.448. The van der Waals surface area contributed by atoms with Crippen LogP contribution in [0.2, 0.25) is 0 Å². The van der Waals surface area contributed by atoms with Gasteiger partial charge < -0.3 is 10.8 Å². The lowest BCUT2D eigenvalue weighted by molar-refractivity contribution is 0.132. The van der Waals surface area contributed by atoms with E-state index in [1.807, 2.05) is 0 Å². The largest absolute Gasteiger partial charge is 0.387 e. The number of aliphatic hydroxyl groups excluding tert-OH is 1. The molecule has 0 saturated carbocycles. The average molecular weight is 356 g/mol. The quantitative estimate of drug-likeness (QED) is 0.791. The smallest absolute Gasteiger partial charge is 0.191 e. The number of hydrogen-bond donors (Lipinski definition) is 2. The molecule has 0 aliphatic carbocycles. The van der Waals surface area contributed by atoms with Gasteiger partial charge >= 0.3 is 0 Å². The van der Waals surface area contributed by atoms with Crippen molar-refractivity contribution in [3.8, 4) is 11.1 Å². The number of nitrogens with zero attached hydrogens (tertiary/aromatic N) is 1. The van der Waals surface area contributed by atoms with Gasteiger partial charge in [-0.3, -0.25) is 4.98 Å². The molecule has 0 spiro atoms. The second-order valence-electron chi connectivity index (χ2n) is 5.42. The Morgan fingerprint density at radius 1 is 1.08 bits per heavy atom. The number of nitrogens with two attached hydrogens (primary N) is 1. The molecule has 0 bridgehead atoms. The third kappa shape index (κ3) is 4.56. The highest BCUT2D eigenvalue weighted by atomic mass is 32.2. The van der Waals surface area contributed by atoms with E-state index in [-0.39, 0.29) is 5.69 Å². The zero-order valence-corrected chi connectivity index (χ0v) is 13.6. The topological polar surface area (TPSA) is 93.3 Å². The van der Waals surface area contributed by atoms with Gasteiger partial charge in [0.1, 0.15) is 6.67 Å². The highest BCUT2D eigenvalue weighted by Crippen LogP contribution is 2.23. The molecule has 2 atom stereocenters. The maximum atomic E-state index is 12.5. The minimum atomic E-state index is -3.78. The summed E-state index contributed by atoms with van der Waals surface area (Å²) < 4.78 is 47.3. The molecule has 0 aliphatic heterocycles. The second kappa shape index (κ2) is 7.78. The van der Waals surface area contributed by atoms with Gasteiger partial charge in [-0.2, -0.15) is 0 Å². The van der Waals surface area contributed by atoms with Crippen LogP contribution < -0.4 is 5.73 Å². The molecule has 1 aromatic carbocycles. The highest BCUT2D eigenvalue weighted by Gasteiger charge is 2.16. The molecule has 2 aromatic rings. The Morgan fingerprint density at radius 2 is 1.71 bits per heavy atom. The number of alkyl halides is 2. The molecule has 2 unspecified atom stereocenters. The van der Waals surface area contributed by atoms with Gasteiger partial charge in [-0.25, -0.2) is 17.2 Å². The Morgan fingerprint density at radius 3 is 2.21 bits per heavy atom. The number of rotatable bonds is 7. The summed E-state index contributed by atoms with van der Waals surface area (Å²) in [7, 11) is -3.78. The van der Waals surface area contributed by atoms with Crippen molar-refractivity contribution in [2.45, 2.75) is 17.9 Å². The Hall–Kier alpha value is -1.90. The van der Waals surface area contributed by atoms with Gasteiger partial charge in [-0.05, 0) is 17.2 Å². The number of benzene rings is 1. The van der Waals surface area contributed by atoms with Gasteiger partial charge in [0, 0.05) is 11.8 Å². The molecule has 0 fully saturated rings. The van der Waals surface area contributed by atoms with Crippen molar-refractivity contribution in [3.05, 3.63) is 53.9 Å². The van der Waals surface area contributed by atoms with Crippen LogP contribution in [-0.4, -0.2) is 37.2 Å². The van der Waals surface area contributed by atoms with E-state index in [1.165, 1.54) is 12.3 Å². The molecule has 0 radical (unpaired) electrons. The Kier molecular flexibility index (Phi) is 5.98. The molecule has 24 heavy (non-hydrogen) atoms. The lowest BCUT2D eigenvalue weighted by Crippen LogP contribution is -2.30. The molecule has 2 rings (SSSR count). The van der Waals surface area contributed by atoms with E-state index in [9.17, 15) is 22.3 Å². The zero-order chi connectivity index (χ0) is 17.7. The lowest BCUT2D eigenvalue weighted by Gasteiger charge is -2.16. The highest BCUT2D eigenvalue weighted by molar-refractivity contribution is 7.90. The molecule has 1 heterocycles. The zero-order valence-electron chi connectivity index (χ0n) is 12.8. The Bertz CT molecular complexity index is 765. The molecule has 1 aromatic heterocycles. The SMILES string of the molecule is NC(CF)C(O)c1ccc(-c2ccc(CS(=O)(=O)CF)nc2)cc1. The van der Waals surface area contributed by atoms with Crippen molar-refractivity contribution in [1.82, 2.24) is 4.98 Å². The minimum absolute atomic E-state index is 0.261. The van der Waals surface area contributed by atoms with Crippen LogP contribution in [-0.2, 0) is 15.6 Å². The standard InChI is InChI=1S/C16H18F2N2O3S/c17-7-15(19)16(21)12-3-1-11(2-4-12)13-5-6-14(20-8-13)9-24(22,23)10-18/h1-6,8,15-16,21H,7,9-10,19H2. The van der Waals surface area contributed by atoms with E-state index in [0.29, 0.717) is 5.56 Å². The molecule has 3 N–H and O–H groups in total. The molecule has 0 amide bonds. The molecule has 0 aliphatic rings. The maximum Gasteiger partial charge on any atom is 0.191 e. The fourth-order valence-electron chi connectivity index (χ4n) is 2.15. The van der Waals surface area contributed by atoms with Crippen LogP contribution >= 0.6 is 0 Å². The second-order valence-corrected chi connectivity index (χ2v) is 7.41. The monoisotopic (exact) mass is 356 g/mol. The van der Waals surface area contributed by atoms with Crippen LogP contribution in [0.5, 0.6) is 0 Å². The lowest BCUT2D eigenvalue weighted by atomic mass is 10.00. The van der Waals surface area contributed by atoms with Gasteiger partial charge in [0.2, 0.25) is 0 Å². The van der Waals surface area contributed by atoms with Crippen molar-refractivity contribution in [2.24, 2.45) is 5.73 Å². The molecule has 130 valence electrons. The van der Waals surface area contributed by atoms with E-state index in [2.05, 4.69) is 4.98 Å². The number of halogens is 2. The van der Waals surface area contributed by atoms with Gasteiger partial charge in [-0.15, -0.1) is 0 Å². The van der Waals surface area contributed by atoms with Crippen molar-refractivity contribution >= 4 is 9.84 Å². The summed E-state index contributed by atoms with van der Waals surface area (Å²) in [5, 5.41) is 9.85. The maximum absolute atomic E-state index is 12.5. The van der Waals surface area contributed by atoms with Gasteiger partial charge in [0.05, 0.1) is 23.6 Å². The number of sulfone groups is 1. The van der Waals surface area contributed by atoms with Crippen molar-refractivity contribution in [2.75, 3.05) is 12.7 Å². The summed E-state index contributed by atoms with van der Waals surface area (Å²) in [6, 6.07) is 7.51. The van der Waals surface area contributed by atoms with Crippen molar-refractivity contribution in [1.29, 1.82) is 0 Å². The number of hydrogen-bond acceptors (Lipinski definition) is 5.